The number of ether oxygens (including phenoxy) is 2. The van der Waals surface area contributed by atoms with Crippen LogP contribution in [0, 0.1) is 5.92 Å². The van der Waals surface area contributed by atoms with Crippen molar-refractivity contribution < 1.29 is 19.1 Å². The van der Waals surface area contributed by atoms with E-state index in [1.54, 1.807) is 24.3 Å². The minimum atomic E-state index is -0.535. The van der Waals surface area contributed by atoms with Gasteiger partial charge in [-0.1, -0.05) is 24.3 Å². The largest absolute Gasteiger partial charge is 0.469 e. The van der Waals surface area contributed by atoms with Crippen LogP contribution in [0.1, 0.15) is 30.6 Å². The fraction of sp³-hybridized carbons (Fsp3) is 0.444. The van der Waals surface area contributed by atoms with Gasteiger partial charge in [-0.25, -0.2) is 4.79 Å². The van der Waals surface area contributed by atoms with Gasteiger partial charge in [-0.2, -0.15) is 0 Å². The van der Waals surface area contributed by atoms with Gasteiger partial charge in [-0.05, 0) is 26.0 Å². The summed E-state index contributed by atoms with van der Waals surface area (Å²) < 4.78 is 10.6. The molecule has 0 bridgehead atoms. The number of allylic oxidation sites excluding steroid dienone is 1. The average Bonchev–Trinajstić information content (AvgIpc) is 2.58. The molecule has 1 aliphatic rings. The van der Waals surface area contributed by atoms with E-state index in [2.05, 4.69) is 0 Å². The van der Waals surface area contributed by atoms with Crippen LogP contribution in [0.2, 0.25) is 0 Å². The van der Waals surface area contributed by atoms with Crippen LogP contribution in [0.15, 0.2) is 42.1 Å². The molecule has 2 rings (SSSR count). The van der Waals surface area contributed by atoms with Crippen molar-refractivity contribution in [1.82, 2.24) is 4.90 Å². The van der Waals surface area contributed by atoms with E-state index in [9.17, 15) is 9.59 Å². The van der Waals surface area contributed by atoms with Gasteiger partial charge >= 0.3 is 11.9 Å². The van der Waals surface area contributed by atoms with Crippen LogP contribution in [-0.2, 0) is 14.3 Å². The molecule has 1 heterocycles. The summed E-state index contributed by atoms with van der Waals surface area (Å²) in [4.78, 5) is 26.6. The van der Waals surface area contributed by atoms with E-state index in [0.29, 0.717) is 12.0 Å². The van der Waals surface area contributed by atoms with Crippen molar-refractivity contribution in [3.05, 3.63) is 47.7 Å². The van der Waals surface area contributed by atoms with E-state index in [0.717, 1.165) is 5.70 Å². The number of likely N-dealkylation sites (tertiary alicyclic amines) is 1. The van der Waals surface area contributed by atoms with Crippen molar-refractivity contribution >= 4 is 11.9 Å². The van der Waals surface area contributed by atoms with Crippen molar-refractivity contribution in [1.29, 1.82) is 0 Å². The topological polar surface area (TPSA) is 55.8 Å². The predicted molar refractivity (Wildman–Crippen MR) is 86.8 cm³/mol. The molecule has 2 unspecified atom stereocenters. The van der Waals surface area contributed by atoms with Gasteiger partial charge in [0, 0.05) is 25.2 Å². The van der Waals surface area contributed by atoms with Gasteiger partial charge in [-0.15, -0.1) is 0 Å². The molecule has 1 saturated heterocycles. The number of methoxy groups -OCH3 is 1. The summed E-state index contributed by atoms with van der Waals surface area (Å²) >= 11 is 0. The lowest BCUT2D eigenvalue weighted by Crippen LogP contribution is -2.51. The second-order valence-corrected chi connectivity index (χ2v) is 5.69. The van der Waals surface area contributed by atoms with Crippen LogP contribution in [-0.4, -0.2) is 43.1 Å². The third kappa shape index (κ3) is 3.55. The second kappa shape index (κ2) is 7.31. The third-order valence-electron chi connectivity index (χ3n) is 4.47. The van der Waals surface area contributed by atoms with Gasteiger partial charge in [-0.3, -0.25) is 4.79 Å². The fourth-order valence-electron chi connectivity index (χ4n) is 2.99. The number of hydrogen-bond acceptors (Lipinski definition) is 5. The number of hydrogen-bond donors (Lipinski definition) is 0. The van der Waals surface area contributed by atoms with E-state index in [4.69, 9.17) is 9.47 Å². The average molecular weight is 317 g/mol. The van der Waals surface area contributed by atoms with Gasteiger partial charge < -0.3 is 14.4 Å². The number of nitrogens with zero attached hydrogens (tertiary/aromatic N) is 1. The van der Waals surface area contributed by atoms with Gasteiger partial charge in [0.1, 0.15) is 12.0 Å². The lowest BCUT2D eigenvalue weighted by Gasteiger charge is -2.42. The standard InChI is InChI=1S/C18H23NO4/c1-5-14-11-15(16(18(21)22-4)12(2)19(14)3)23-17(20)13-9-7-6-8-10-13/h5-10,12,15-16H,11H2,1-4H3/b14-5-/t12?,15-,16?/m0/s1. The zero-order valence-electron chi connectivity index (χ0n) is 14.0. The molecule has 5 nitrogen and oxygen atoms in total. The number of piperidine rings is 1. The predicted octanol–water partition coefficient (Wildman–Crippen LogP) is 2.63. The van der Waals surface area contributed by atoms with E-state index in [1.165, 1.54) is 7.11 Å². The Kier molecular flexibility index (Phi) is 5.42. The van der Waals surface area contributed by atoms with Crippen molar-refractivity contribution in [3.8, 4) is 0 Å². The molecule has 0 saturated carbocycles. The monoisotopic (exact) mass is 317 g/mol. The molecule has 0 amide bonds. The highest BCUT2D eigenvalue weighted by Gasteiger charge is 2.43. The molecule has 0 aromatic heterocycles. The van der Waals surface area contributed by atoms with E-state index < -0.39 is 18.0 Å². The number of benzene rings is 1. The molecule has 124 valence electrons. The lowest BCUT2D eigenvalue weighted by atomic mass is 9.85. The molecule has 1 aliphatic heterocycles. The quantitative estimate of drug-likeness (QED) is 0.802. The summed E-state index contributed by atoms with van der Waals surface area (Å²) in [5, 5.41) is 0. The minimum absolute atomic E-state index is 0.115. The Morgan fingerprint density at radius 2 is 1.91 bits per heavy atom. The first-order valence-corrected chi connectivity index (χ1v) is 7.71. The Hall–Kier alpha value is -2.30. The van der Waals surface area contributed by atoms with Crippen LogP contribution in [0.25, 0.3) is 0 Å². The molecule has 0 spiro atoms. The van der Waals surface area contributed by atoms with Gasteiger partial charge in [0.15, 0.2) is 0 Å². The highest BCUT2D eigenvalue weighted by Crippen LogP contribution is 2.33. The molecule has 23 heavy (non-hydrogen) atoms. The summed E-state index contributed by atoms with van der Waals surface area (Å²) in [5.74, 6) is -1.29. The molecule has 1 aromatic rings. The number of carbonyl (C=O) groups is 2. The third-order valence-corrected chi connectivity index (χ3v) is 4.47. The Morgan fingerprint density at radius 1 is 1.26 bits per heavy atom. The molecular weight excluding hydrogens is 294 g/mol. The van der Waals surface area contributed by atoms with Crippen LogP contribution in [0.4, 0.5) is 0 Å². The van der Waals surface area contributed by atoms with Crippen LogP contribution < -0.4 is 0 Å². The van der Waals surface area contributed by atoms with Crippen molar-refractivity contribution in [2.75, 3.05) is 14.2 Å². The van der Waals surface area contributed by atoms with Gasteiger partial charge in [0.05, 0.1) is 12.7 Å². The molecule has 1 aromatic carbocycles. The van der Waals surface area contributed by atoms with E-state index >= 15 is 0 Å². The zero-order chi connectivity index (χ0) is 17.0. The van der Waals surface area contributed by atoms with Crippen LogP contribution >= 0.6 is 0 Å². The highest BCUT2D eigenvalue weighted by molar-refractivity contribution is 5.89. The van der Waals surface area contributed by atoms with Crippen LogP contribution in [0.3, 0.4) is 0 Å². The molecule has 0 N–H and O–H groups in total. The van der Waals surface area contributed by atoms with Crippen molar-refractivity contribution in [3.63, 3.8) is 0 Å². The normalized spacial score (nSPS) is 26.0. The van der Waals surface area contributed by atoms with Crippen molar-refractivity contribution in [2.24, 2.45) is 5.92 Å². The summed E-state index contributed by atoms with van der Waals surface area (Å²) in [6, 6.07) is 8.68. The first-order valence-electron chi connectivity index (χ1n) is 7.71. The molecule has 5 heteroatoms. The van der Waals surface area contributed by atoms with E-state index in [1.807, 2.05) is 37.9 Å². The lowest BCUT2D eigenvalue weighted by molar-refractivity contribution is -0.154. The van der Waals surface area contributed by atoms with Crippen LogP contribution in [0.5, 0.6) is 0 Å². The maximum absolute atomic E-state index is 12.3. The van der Waals surface area contributed by atoms with Gasteiger partial charge in [0.2, 0.25) is 0 Å². The first-order chi connectivity index (χ1) is 11.0. The summed E-state index contributed by atoms with van der Waals surface area (Å²) in [5.41, 5.74) is 1.52. The van der Waals surface area contributed by atoms with E-state index in [-0.39, 0.29) is 12.0 Å². The minimum Gasteiger partial charge on any atom is -0.469 e. The molecular formula is C18H23NO4. The highest BCUT2D eigenvalue weighted by atomic mass is 16.6. The molecule has 0 radical (unpaired) electrons. The maximum Gasteiger partial charge on any atom is 0.338 e. The smallest absolute Gasteiger partial charge is 0.338 e. The number of carbonyl (C=O) groups excluding carboxylic acids is 2. The zero-order valence-corrected chi connectivity index (χ0v) is 14.0. The Balaban J connectivity index is 2.25. The number of rotatable bonds is 3. The fourth-order valence-corrected chi connectivity index (χ4v) is 2.99. The van der Waals surface area contributed by atoms with Crippen molar-refractivity contribution in [2.45, 2.75) is 32.4 Å². The number of esters is 2. The maximum atomic E-state index is 12.3. The molecule has 3 atom stereocenters. The Labute approximate surface area is 136 Å². The Bertz CT molecular complexity index is 596. The summed E-state index contributed by atoms with van der Waals surface area (Å²) in [6.07, 6.45) is 1.94. The molecule has 0 aliphatic carbocycles. The van der Waals surface area contributed by atoms with Gasteiger partial charge in [0.25, 0.3) is 0 Å². The molecule has 1 fully saturated rings. The second-order valence-electron chi connectivity index (χ2n) is 5.69. The first kappa shape index (κ1) is 17.1. The SMILES string of the molecule is C/C=C1/C[C@H](OC(=O)c2ccccc2)C(C(=O)OC)C(C)N1C. The Morgan fingerprint density at radius 3 is 2.48 bits per heavy atom. The summed E-state index contributed by atoms with van der Waals surface area (Å²) in [7, 11) is 3.29. The summed E-state index contributed by atoms with van der Waals surface area (Å²) in [6.45, 7) is 3.88.